The average Bonchev–Trinajstić information content (AvgIpc) is 3.14. The number of benzene rings is 2. The molecule has 2 heterocycles. The summed E-state index contributed by atoms with van der Waals surface area (Å²) in [4.78, 5) is 10.9. The van der Waals surface area contributed by atoms with Gasteiger partial charge in [0.15, 0.2) is 0 Å². The van der Waals surface area contributed by atoms with Crippen LogP contribution in [0.2, 0.25) is 0 Å². The summed E-state index contributed by atoms with van der Waals surface area (Å²) in [5, 5.41) is 2.42. The van der Waals surface area contributed by atoms with Crippen LogP contribution < -0.4 is 9.68 Å². The molecule has 0 saturated carbocycles. The van der Waals surface area contributed by atoms with Gasteiger partial charge in [-0.15, -0.1) is 0 Å². The minimum Gasteiger partial charge on any atom is -0.417 e. The van der Waals surface area contributed by atoms with Crippen molar-refractivity contribution in [3.8, 4) is 0 Å². The fourth-order valence-electron chi connectivity index (χ4n) is 3.22. The van der Waals surface area contributed by atoms with Crippen LogP contribution in [0.1, 0.15) is 11.1 Å². The Morgan fingerprint density at radius 3 is 1.57 bits per heavy atom. The van der Waals surface area contributed by atoms with Gasteiger partial charge in [-0.25, -0.2) is 0 Å². The Balaban J connectivity index is 1.86. The smallest absolute Gasteiger partial charge is 0.104 e. The molecule has 4 heteroatoms. The Bertz CT molecular complexity index is 902. The molecule has 0 amide bonds. The maximum Gasteiger partial charge on any atom is 0.104 e. The van der Waals surface area contributed by atoms with Crippen LogP contribution in [0.4, 0.5) is 0 Å². The normalized spacial score (nSPS) is 11.2. The first-order valence-corrected chi connectivity index (χ1v) is 7.58. The molecule has 4 rings (SSSR count). The van der Waals surface area contributed by atoms with Crippen LogP contribution in [0.15, 0.2) is 60.9 Å². The Kier molecular flexibility index (Phi) is 3.23. The van der Waals surface area contributed by atoms with E-state index in [4.69, 9.17) is 9.68 Å². The molecule has 0 bridgehead atoms. The number of nitrogens with zero attached hydrogens (tertiary/aromatic N) is 2. The summed E-state index contributed by atoms with van der Waals surface area (Å²) in [5.74, 6) is 0. The predicted molar refractivity (Wildman–Crippen MR) is 91.7 cm³/mol. The Hall–Kier alpha value is -2.88. The molecule has 0 atom stereocenters. The first-order chi connectivity index (χ1) is 11.3. The highest BCUT2D eigenvalue weighted by Crippen LogP contribution is 2.27. The fourth-order valence-corrected chi connectivity index (χ4v) is 3.22. The second-order valence-electron chi connectivity index (χ2n) is 5.54. The van der Waals surface area contributed by atoms with Crippen molar-refractivity contribution in [1.82, 2.24) is 9.46 Å². The summed E-state index contributed by atoms with van der Waals surface area (Å²) in [6.45, 7) is 0. The summed E-state index contributed by atoms with van der Waals surface area (Å²) in [5.41, 5.74) is 4.64. The third-order valence-electron chi connectivity index (χ3n) is 4.30. The maximum absolute atomic E-state index is 5.45. The summed E-state index contributed by atoms with van der Waals surface area (Å²) >= 11 is 0. The van der Waals surface area contributed by atoms with Crippen molar-refractivity contribution < 1.29 is 9.68 Å². The lowest BCUT2D eigenvalue weighted by Gasteiger charge is -2.00. The summed E-state index contributed by atoms with van der Waals surface area (Å²) in [6, 6.07) is 16.6. The van der Waals surface area contributed by atoms with Crippen molar-refractivity contribution in [1.29, 1.82) is 0 Å². The zero-order valence-electron chi connectivity index (χ0n) is 13.2. The van der Waals surface area contributed by atoms with E-state index in [1.165, 1.54) is 21.9 Å². The number of rotatable bonds is 4. The number of hydrogen-bond donors (Lipinski definition) is 0. The molecule has 0 saturated heterocycles. The molecule has 116 valence electrons. The van der Waals surface area contributed by atoms with Crippen LogP contribution in [0.3, 0.4) is 0 Å². The lowest BCUT2D eigenvalue weighted by atomic mass is 10.0. The van der Waals surface area contributed by atoms with Crippen molar-refractivity contribution in [3.63, 3.8) is 0 Å². The summed E-state index contributed by atoms with van der Waals surface area (Å²) in [6.07, 6.45) is 4.95. The van der Waals surface area contributed by atoms with E-state index >= 15 is 0 Å². The van der Waals surface area contributed by atoms with E-state index in [-0.39, 0.29) is 0 Å². The van der Waals surface area contributed by atoms with Gasteiger partial charge in [-0.05, 0) is 23.3 Å². The number of aromatic nitrogens is 2. The molecule has 4 aromatic rings. The summed E-state index contributed by atoms with van der Waals surface area (Å²) in [7, 11) is 3.38. The SMILES string of the molecule is COn1cc(Cc2cn(OC)c3ccccc23)c2ccccc21. The number of hydrogen-bond acceptors (Lipinski definition) is 2. The molecular weight excluding hydrogens is 288 g/mol. The number of para-hydroxylation sites is 2. The minimum atomic E-state index is 0.827. The quantitative estimate of drug-likeness (QED) is 0.579. The largest absolute Gasteiger partial charge is 0.417 e. The predicted octanol–water partition coefficient (Wildman–Crippen LogP) is 3.30. The zero-order chi connectivity index (χ0) is 15.8. The Morgan fingerprint density at radius 2 is 1.13 bits per heavy atom. The highest BCUT2D eigenvalue weighted by molar-refractivity contribution is 5.87. The molecule has 0 aliphatic rings. The van der Waals surface area contributed by atoms with Gasteiger partial charge in [-0.2, -0.15) is 9.46 Å². The molecule has 0 N–H and O–H groups in total. The topological polar surface area (TPSA) is 28.3 Å². The molecular formula is C19H18N2O2. The lowest BCUT2D eigenvalue weighted by Crippen LogP contribution is -2.03. The first-order valence-electron chi connectivity index (χ1n) is 7.58. The molecule has 23 heavy (non-hydrogen) atoms. The van der Waals surface area contributed by atoms with Gasteiger partial charge in [0.2, 0.25) is 0 Å². The lowest BCUT2D eigenvalue weighted by molar-refractivity contribution is 0.178. The monoisotopic (exact) mass is 306 g/mol. The highest BCUT2D eigenvalue weighted by atomic mass is 16.6. The second kappa shape index (κ2) is 5.39. The van der Waals surface area contributed by atoms with E-state index in [0.717, 1.165) is 17.5 Å². The Morgan fingerprint density at radius 1 is 0.696 bits per heavy atom. The average molecular weight is 306 g/mol. The molecule has 4 nitrogen and oxygen atoms in total. The second-order valence-corrected chi connectivity index (χ2v) is 5.54. The van der Waals surface area contributed by atoms with Gasteiger partial charge in [0, 0.05) is 29.6 Å². The van der Waals surface area contributed by atoms with E-state index in [2.05, 4.69) is 48.8 Å². The fraction of sp³-hybridized carbons (Fsp3) is 0.158. The van der Waals surface area contributed by atoms with Crippen LogP contribution >= 0.6 is 0 Å². The van der Waals surface area contributed by atoms with Crippen LogP contribution in [-0.4, -0.2) is 23.7 Å². The third kappa shape index (κ3) is 2.14. The van der Waals surface area contributed by atoms with E-state index in [0.29, 0.717) is 0 Å². The van der Waals surface area contributed by atoms with Gasteiger partial charge in [-0.1, -0.05) is 36.4 Å². The minimum absolute atomic E-state index is 0.827. The molecule has 2 aromatic carbocycles. The van der Waals surface area contributed by atoms with Gasteiger partial charge >= 0.3 is 0 Å². The van der Waals surface area contributed by atoms with Crippen LogP contribution in [0.5, 0.6) is 0 Å². The van der Waals surface area contributed by atoms with Gasteiger partial charge in [0.1, 0.15) is 14.2 Å². The van der Waals surface area contributed by atoms with Gasteiger partial charge < -0.3 is 9.68 Å². The van der Waals surface area contributed by atoms with Crippen LogP contribution in [-0.2, 0) is 6.42 Å². The van der Waals surface area contributed by atoms with Crippen LogP contribution in [0.25, 0.3) is 21.8 Å². The van der Waals surface area contributed by atoms with E-state index < -0.39 is 0 Å². The van der Waals surface area contributed by atoms with E-state index in [1.807, 2.05) is 21.6 Å². The molecule has 0 unspecified atom stereocenters. The van der Waals surface area contributed by atoms with Gasteiger partial charge in [0.25, 0.3) is 0 Å². The summed E-state index contributed by atoms with van der Waals surface area (Å²) < 4.78 is 3.64. The van der Waals surface area contributed by atoms with Crippen molar-refractivity contribution in [2.45, 2.75) is 6.42 Å². The highest BCUT2D eigenvalue weighted by Gasteiger charge is 2.13. The molecule has 0 aliphatic carbocycles. The van der Waals surface area contributed by atoms with Crippen molar-refractivity contribution in [3.05, 3.63) is 72.1 Å². The van der Waals surface area contributed by atoms with Crippen molar-refractivity contribution in [2.24, 2.45) is 0 Å². The van der Waals surface area contributed by atoms with Crippen LogP contribution in [0, 0.1) is 0 Å². The van der Waals surface area contributed by atoms with E-state index in [9.17, 15) is 0 Å². The Labute approximate surface area is 134 Å². The van der Waals surface area contributed by atoms with E-state index in [1.54, 1.807) is 14.2 Å². The molecule has 0 fully saturated rings. The molecule has 0 aliphatic heterocycles. The van der Waals surface area contributed by atoms with Gasteiger partial charge in [0.05, 0.1) is 11.0 Å². The van der Waals surface area contributed by atoms with Crippen molar-refractivity contribution >= 4 is 21.8 Å². The number of fused-ring (bicyclic) bond motifs is 2. The zero-order valence-corrected chi connectivity index (χ0v) is 13.2. The van der Waals surface area contributed by atoms with Gasteiger partial charge in [-0.3, -0.25) is 0 Å². The maximum atomic E-state index is 5.45. The molecule has 0 spiro atoms. The molecule has 2 aromatic heterocycles. The first kappa shape index (κ1) is 13.8. The van der Waals surface area contributed by atoms with Crippen molar-refractivity contribution in [2.75, 3.05) is 14.2 Å². The third-order valence-corrected chi connectivity index (χ3v) is 4.30. The molecule has 0 radical (unpaired) electrons. The standard InChI is InChI=1S/C19H18N2O2/c1-22-20-12-14(16-7-3-5-9-18(16)20)11-15-13-21(23-2)19-10-6-4-8-17(15)19/h3-10,12-13H,11H2,1-2H3.